The van der Waals surface area contributed by atoms with Gasteiger partial charge in [-0.2, -0.15) is 0 Å². The van der Waals surface area contributed by atoms with Gasteiger partial charge in [0.25, 0.3) is 0 Å². The molecule has 1 aromatic carbocycles. The van der Waals surface area contributed by atoms with Crippen LogP contribution in [0.4, 0.5) is 0 Å². The first-order valence-electron chi connectivity index (χ1n) is 7.82. The van der Waals surface area contributed by atoms with Gasteiger partial charge in [0.1, 0.15) is 11.8 Å². The van der Waals surface area contributed by atoms with Crippen LogP contribution in [-0.4, -0.2) is 30.5 Å². The van der Waals surface area contributed by atoms with Crippen LogP contribution in [0.3, 0.4) is 0 Å². The fourth-order valence-corrected chi connectivity index (χ4v) is 2.56. The van der Waals surface area contributed by atoms with E-state index in [0.717, 1.165) is 17.2 Å². The van der Waals surface area contributed by atoms with E-state index in [1.807, 2.05) is 43.5 Å². The second-order valence-corrected chi connectivity index (χ2v) is 5.94. The van der Waals surface area contributed by atoms with Crippen LogP contribution in [0.2, 0.25) is 0 Å². The summed E-state index contributed by atoms with van der Waals surface area (Å²) in [6.07, 6.45) is 3.09. The minimum atomic E-state index is -0.446. The van der Waals surface area contributed by atoms with Gasteiger partial charge in [0.2, 0.25) is 0 Å². The molecule has 0 bridgehead atoms. The van der Waals surface area contributed by atoms with Gasteiger partial charge < -0.3 is 14.0 Å². The normalized spacial score (nSPS) is 12.4. The van der Waals surface area contributed by atoms with Gasteiger partial charge >= 0.3 is 5.97 Å². The number of hydrogen-bond donors (Lipinski definition) is 0. The molecule has 0 fully saturated rings. The zero-order valence-corrected chi connectivity index (χ0v) is 14.0. The Morgan fingerprint density at radius 2 is 2.09 bits per heavy atom. The second kappa shape index (κ2) is 7.31. The summed E-state index contributed by atoms with van der Waals surface area (Å²) in [6.45, 7) is 6.31. The SMILES string of the molecule is CCC(C(=O)OCC(C)C)n1cc(C=O)c2cc(OC)ccc21. The first-order valence-corrected chi connectivity index (χ1v) is 7.82. The van der Waals surface area contributed by atoms with Crippen molar-refractivity contribution in [2.75, 3.05) is 13.7 Å². The molecule has 0 amide bonds. The smallest absolute Gasteiger partial charge is 0.329 e. The van der Waals surface area contributed by atoms with Crippen molar-refractivity contribution < 1.29 is 19.1 Å². The zero-order chi connectivity index (χ0) is 17.0. The van der Waals surface area contributed by atoms with E-state index in [-0.39, 0.29) is 11.9 Å². The molecule has 1 heterocycles. The summed E-state index contributed by atoms with van der Waals surface area (Å²) in [5.74, 6) is 0.688. The third kappa shape index (κ3) is 3.55. The molecule has 1 atom stereocenters. The number of aldehydes is 1. The molecule has 23 heavy (non-hydrogen) atoms. The highest BCUT2D eigenvalue weighted by atomic mass is 16.5. The Labute approximate surface area is 136 Å². The van der Waals surface area contributed by atoms with E-state index in [4.69, 9.17) is 9.47 Å². The summed E-state index contributed by atoms with van der Waals surface area (Å²) < 4.78 is 12.4. The molecule has 2 aromatic rings. The molecule has 2 rings (SSSR count). The minimum Gasteiger partial charge on any atom is -0.497 e. The summed E-state index contributed by atoms with van der Waals surface area (Å²) in [7, 11) is 1.58. The van der Waals surface area contributed by atoms with Crippen molar-refractivity contribution in [1.82, 2.24) is 4.57 Å². The molecule has 0 spiro atoms. The van der Waals surface area contributed by atoms with Gasteiger partial charge in [-0.3, -0.25) is 4.79 Å². The maximum Gasteiger partial charge on any atom is 0.329 e. The molecule has 0 aliphatic rings. The van der Waals surface area contributed by atoms with E-state index < -0.39 is 6.04 Å². The molecule has 5 nitrogen and oxygen atoms in total. The molecule has 0 aliphatic carbocycles. The molecule has 124 valence electrons. The lowest BCUT2D eigenvalue weighted by atomic mass is 10.1. The second-order valence-electron chi connectivity index (χ2n) is 5.94. The number of carbonyl (C=O) groups is 2. The summed E-state index contributed by atoms with van der Waals surface area (Å²) in [5.41, 5.74) is 1.36. The highest BCUT2D eigenvalue weighted by Crippen LogP contribution is 2.29. The van der Waals surface area contributed by atoms with Crippen LogP contribution in [0.15, 0.2) is 24.4 Å². The zero-order valence-electron chi connectivity index (χ0n) is 14.0. The van der Waals surface area contributed by atoms with Gasteiger partial charge in [0.05, 0.1) is 13.7 Å². The number of ether oxygens (including phenoxy) is 2. The third-order valence-electron chi connectivity index (χ3n) is 3.75. The lowest BCUT2D eigenvalue weighted by molar-refractivity contribution is -0.148. The van der Waals surface area contributed by atoms with Crippen molar-refractivity contribution in [2.24, 2.45) is 5.92 Å². The molecular formula is C18H23NO4. The largest absolute Gasteiger partial charge is 0.497 e. The topological polar surface area (TPSA) is 57.5 Å². The number of aromatic nitrogens is 1. The summed E-state index contributed by atoms with van der Waals surface area (Å²) in [4.78, 5) is 23.7. The molecule has 0 radical (unpaired) electrons. The standard InChI is InChI=1S/C18H23NO4/c1-5-16(18(21)23-11-12(2)3)19-9-13(10-20)15-8-14(22-4)6-7-17(15)19/h6-10,12,16H,5,11H2,1-4H3. The van der Waals surface area contributed by atoms with Crippen molar-refractivity contribution >= 4 is 23.2 Å². The van der Waals surface area contributed by atoms with Crippen LogP contribution in [0.5, 0.6) is 5.75 Å². The van der Waals surface area contributed by atoms with Crippen LogP contribution in [0.25, 0.3) is 10.9 Å². The minimum absolute atomic E-state index is 0.272. The van der Waals surface area contributed by atoms with Crippen LogP contribution < -0.4 is 4.74 Å². The molecule has 0 N–H and O–H groups in total. The Morgan fingerprint density at radius 1 is 1.35 bits per heavy atom. The molecule has 5 heteroatoms. The summed E-state index contributed by atoms with van der Waals surface area (Å²) in [6, 6.07) is 5.04. The monoisotopic (exact) mass is 317 g/mol. The van der Waals surface area contributed by atoms with Crippen molar-refractivity contribution in [3.8, 4) is 5.75 Å². The Hall–Kier alpha value is -2.30. The van der Waals surface area contributed by atoms with Crippen molar-refractivity contribution in [1.29, 1.82) is 0 Å². The van der Waals surface area contributed by atoms with E-state index in [2.05, 4.69) is 0 Å². The molecule has 0 saturated heterocycles. The molecule has 0 aliphatic heterocycles. The van der Waals surface area contributed by atoms with Crippen LogP contribution in [-0.2, 0) is 9.53 Å². The average Bonchev–Trinajstić information content (AvgIpc) is 2.91. The lowest BCUT2D eigenvalue weighted by Crippen LogP contribution is -2.22. The van der Waals surface area contributed by atoms with Crippen LogP contribution in [0, 0.1) is 5.92 Å². The van der Waals surface area contributed by atoms with Gasteiger partial charge in [-0.15, -0.1) is 0 Å². The lowest BCUT2D eigenvalue weighted by Gasteiger charge is -2.18. The quantitative estimate of drug-likeness (QED) is 0.578. The fourth-order valence-electron chi connectivity index (χ4n) is 2.56. The molecule has 1 aromatic heterocycles. The number of fused-ring (bicyclic) bond motifs is 1. The predicted octanol–water partition coefficient (Wildman–Crippen LogP) is 3.61. The van der Waals surface area contributed by atoms with E-state index in [0.29, 0.717) is 24.3 Å². The third-order valence-corrected chi connectivity index (χ3v) is 3.75. The molecular weight excluding hydrogens is 294 g/mol. The Kier molecular flexibility index (Phi) is 5.42. The van der Waals surface area contributed by atoms with Gasteiger partial charge in [-0.25, -0.2) is 4.79 Å². The number of benzene rings is 1. The van der Waals surface area contributed by atoms with E-state index in [9.17, 15) is 9.59 Å². The van der Waals surface area contributed by atoms with Crippen molar-refractivity contribution in [2.45, 2.75) is 33.2 Å². The number of methoxy groups -OCH3 is 1. The Bertz CT molecular complexity index is 702. The number of hydrogen-bond acceptors (Lipinski definition) is 4. The first kappa shape index (κ1) is 17.1. The molecule has 0 saturated carbocycles. The van der Waals surface area contributed by atoms with E-state index in [1.54, 1.807) is 13.3 Å². The van der Waals surface area contributed by atoms with Crippen LogP contribution in [0.1, 0.15) is 43.6 Å². The van der Waals surface area contributed by atoms with E-state index >= 15 is 0 Å². The van der Waals surface area contributed by atoms with E-state index in [1.165, 1.54) is 0 Å². The van der Waals surface area contributed by atoms with Crippen molar-refractivity contribution in [3.05, 3.63) is 30.0 Å². The van der Waals surface area contributed by atoms with Crippen LogP contribution >= 0.6 is 0 Å². The predicted molar refractivity (Wildman–Crippen MR) is 89.0 cm³/mol. The highest BCUT2D eigenvalue weighted by molar-refractivity contribution is 5.99. The first-order chi connectivity index (χ1) is 11.0. The maximum atomic E-state index is 12.4. The average molecular weight is 317 g/mol. The number of rotatable bonds is 7. The summed E-state index contributed by atoms with van der Waals surface area (Å²) >= 11 is 0. The molecule has 1 unspecified atom stereocenters. The van der Waals surface area contributed by atoms with Gasteiger partial charge in [-0.05, 0) is 30.5 Å². The van der Waals surface area contributed by atoms with Gasteiger partial charge in [0, 0.05) is 22.7 Å². The number of esters is 1. The van der Waals surface area contributed by atoms with Crippen molar-refractivity contribution in [3.63, 3.8) is 0 Å². The number of nitrogens with zero attached hydrogens (tertiary/aromatic N) is 1. The summed E-state index contributed by atoms with van der Waals surface area (Å²) in [5, 5.41) is 0.773. The highest BCUT2D eigenvalue weighted by Gasteiger charge is 2.23. The Morgan fingerprint density at radius 3 is 2.65 bits per heavy atom. The number of carbonyl (C=O) groups excluding carboxylic acids is 2. The Balaban J connectivity index is 2.44. The van der Waals surface area contributed by atoms with Gasteiger partial charge in [-0.1, -0.05) is 20.8 Å². The fraction of sp³-hybridized carbons (Fsp3) is 0.444. The maximum absolute atomic E-state index is 12.4. The van der Waals surface area contributed by atoms with Gasteiger partial charge in [0.15, 0.2) is 6.29 Å².